The van der Waals surface area contributed by atoms with Gasteiger partial charge in [0.1, 0.15) is 5.54 Å². The van der Waals surface area contributed by atoms with Crippen LogP contribution < -0.4 is 5.73 Å². The number of aryl methyl sites for hydroxylation is 1. The molecule has 15 heavy (non-hydrogen) atoms. The minimum Gasteiger partial charge on any atom is -0.314 e. The van der Waals surface area contributed by atoms with Gasteiger partial charge in [0.2, 0.25) is 0 Å². The molecule has 5 heteroatoms. The second-order valence-corrected chi connectivity index (χ2v) is 5.15. The second-order valence-electron chi connectivity index (χ2n) is 3.91. The van der Waals surface area contributed by atoms with Gasteiger partial charge in [0, 0.05) is 12.7 Å². The fourth-order valence-corrected chi connectivity index (χ4v) is 1.73. The van der Waals surface area contributed by atoms with Gasteiger partial charge in [0.25, 0.3) is 0 Å². The molecule has 1 aromatic rings. The zero-order valence-corrected chi connectivity index (χ0v) is 10.9. The molecule has 1 aromatic heterocycles. The summed E-state index contributed by atoms with van der Waals surface area (Å²) < 4.78 is 3.07. The third-order valence-corrected chi connectivity index (χ3v) is 2.75. The molecule has 4 nitrogen and oxygen atoms in total. The van der Waals surface area contributed by atoms with Crippen LogP contribution in [0.4, 0.5) is 0 Å². The van der Waals surface area contributed by atoms with Crippen LogP contribution in [-0.4, -0.2) is 15.3 Å². The minimum absolute atomic E-state index is 0.682. The fourth-order valence-electron chi connectivity index (χ4n) is 1.28. The number of rotatable bonds is 5. The van der Waals surface area contributed by atoms with Crippen molar-refractivity contribution >= 4 is 22.6 Å². The van der Waals surface area contributed by atoms with Gasteiger partial charge in [-0.05, 0) is 48.8 Å². The number of nitrogens with zero attached hydrogens (tertiary/aromatic N) is 3. The lowest BCUT2D eigenvalue weighted by molar-refractivity contribution is 0.475. The van der Waals surface area contributed by atoms with Gasteiger partial charge in [0.05, 0.1) is 15.8 Å². The zero-order chi connectivity index (χ0) is 11.3. The van der Waals surface area contributed by atoms with Crippen molar-refractivity contribution in [2.45, 2.75) is 38.3 Å². The Morgan fingerprint density at radius 3 is 2.93 bits per heavy atom. The van der Waals surface area contributed by atoms with Crippen molar-refractivity contribution in [2.24, 2.45) is 5.73 Å². The van der Waals surface area contributed by atoms with Crippen LogP contribution in [0.25, 0.3) is 0 Å². The molecule has 0 aliphatic heterocycles. The van der Waals surface area contributed by atoms with Crippen LogP contribution in [0, 0.1) is 14.9 Å². The molecule has 0 spiro atoms. The molecular weight excluding hydrogens is 303 g/mol. The molecule has 0 aromatic carbocycles. The summed E-state index contributed by atoms with van der Waals surface area (Å²) in [6, 6.07) is 2.10. The number of unbranched alkanes of at least 4 members (excludes halogenated alkanes) is 1. The van der Waals surface area contributed by atoms with Crippen molar-refractivity contribution in [3.63, 3.8) is 0 Å². The first-order valence-electron chi connectivity index (χ1n) is 4.91. The zero-order valence-electron chi connectivity index (χ0n) is 8.78. The van der Waals surface area contributed by atoms with Crippen molar-refractivity contribution in [3.8, 4) is 6.07 Å². The summed E-state index contributed by atoms with van der Waals surface area (Å²) in [5.74, 6) is 0. The van der Waals surface area contributed by atoms with E-state index in [0.717, 1.165) is 29.4 Å². The average Bonchev–Trinajstić information content (AvgIpc) is 2.59. The van der Waals surface area contributed by atoms with Gasteiger partial charge in [-0.2, -0.15) is 10.4 Å². The first-order chi connectivity index (χ1) is 7.03. The van der Waals surface area contributed by atoms with E-state index in [4.69, 9.17) is 11.0 Å². The van der Waals surface area contributed by atoms with Gasteiger partial charge < -0.3 is 5.73 Å². The van der Waals surface area contributed by atoms with Crippen LogP contribution in [0.2, 0.25) is 0 Å². The summed E-state index contributed by atoms with van der Waals surface area (Å²) in [4.78, 5) is 0. The molecule has 1 atom stereocenters. The van der Waals surface area contributed by atoms with Crippen molar-refractivity contribution in [1.29, 1.82) is 5.26 Å². The predicted molar refractivity (Wildman–Crippen MR) is 67.0 cm³/mol. The Morgan fingerprint density at radius 2 is 2.40 bits per heavy atom. The molecule has 82 valence electrons. The maximum atomic E-state index is 8.72. The Kier molecular flexibility index (Phi) is 4.54. The van der Waals surface area contributed by atoms with Crippen LogP contribution in [0.3, 0.4) is 0 Å². The van der Waals surface area contributed by atoms with Crippen LogP contribution in [0.5, 0.6) is 0 Å². The van der Waals surface area contributed by atoms with Crippen LogP contribution in [-0.2, 0) is 6.54 Å². The standard InChI is InChI=1S/C10H15IN4/c1-10(13,8-12)4-2-3-5-15-7-9(11)6-14-15/h6-7H,2-5,13H2,1H3. The van der Waals surface area contributed by atoms with E-state index in [0.29, 0.717) is 0 Å². The van der Waals surface area contributed by atoms with E-state index >= 15 is 0 Å². The lowest BCUT2D eigenvalue weighted by Crippen LogP contribution is -2.33. The van der Waals surface area contributed by atoms with E-state index in [2.05, 4.69) is 33.8 Å². The lowest BCUT2D eigenvalue weighted by atomic mass is 9.98. The van der Waals surface area contributed by atoms with Crippen molar-refractivity contribution in [3.05, 3.63) is 16.0 Å². The van der Waals surface area contributed by atoms with Crippen LogP contribution in [0.1, 0.15) is 26.2 Å². The van der Waals surface area contributed by atoms with Gasteiger partial charge in [-0.25, -0.2) is 0 Å². The lowest BCUT2D eigenvalue weighted by Gasteiger charge is -2.14. The van der Waals surface area contributed by atoms with E-state index in [1.807, 2.05) is 17.1 Å². The Hall–Kier alpha value is -0.610. The SMILES string of the molecule is CC(N)(C#N)CCCCn1cc(I)cn1. The molecule has 0 amide bonds. The average molecular weight is 318 g/mol. The molecule has 1 heterocycles. The van der Waals surface area contributed by atoms with E-state index in [9.17, 15) is 0 Å². The molecule has 0 radical (unpaired) electrons. The largest absolute Gasteiger partial charge is 0.314 e. The number of nitriles is 1. The number of aromatic nitrogens is 2. The third-order valence-electron chi connectivity index (χ3n) is 2.19. The first-order valence-corrected chi connectivity index (χ1v) is 5.99. The summed E-state index contributed by atoms with van der Waals surface area (Å²) in [6.45, 7) is 2.66. The topological polar surface area (TPSA) is 67.6 Å². The third kappa shape index (κ3) is 4.62. The number of hydrogen-bond acceptors (Lipinski definition) is 3. The van der Waals surface area contributed by atoms with E-state index in [1.165, 1.54) is 0 Å². The first kappa shape index (κ1) is 12.5. The quantitative estimate of drug-likeness (QED) is 0.666. The van der Waals surface area contributed by atoms with Crippen LogP contribution in [0.15, 0.2) is 12.4 Å². The number of halogens is 1. The van der Waals surface area contributed by atoms with Gasteiger partial charge in [-0.15, -0.1) is 0 Å². The number of hydrogen-bond donors (Lipinski definition) is 1. The Labute approximate surface area is 104 Å². The molecule has 0 saturated carbocycles. The van der Waals surface area contributed by atoms with Gasteiger partial charge in [-0.3, -0.25) is 4.68 Å². The van der Waals surface area contributed by atoms with Crippen LogP contribution >= 0.6 is 22.6 Å². The summed E-state index contributed by atoms with van der Waals surface area (Å²) in [7, 11) is 0. The summed E-state index contributed by atoms with van der Waals surface area (Å²) in [5.41, 5.74) is 5.03. The highest BCUT2D eigenvalue weighted by atomic mass is 127. The molecule has 0 aliphatic rings. The molecule has 2 N–H and O–H groups in total. The highest BCUT2D eigenvalue weighted by Gasteiger charge is 2.15. The Balaban J connectivity index is 2.21. The molecule has 0 saturated heterocycles. The van der Waals surface area contributed by atoms with E-state index < -0.39 is 5.54 Å². The molecule has 0 fully saturated rings. The van der Waals surface area contributed by atoms with E-state index in [-0.39, 0.29) is 0 Å². The highest BCUT2D eigenvalue weighted by molar-refractivity contribution is 14.1. The predicted octanol–water partition coefficient (Wildman–Crippen LogP) is 1.90. The molecule has 0 aliphatic carbocycles. The highest BCUT2D eigenvalue weighted by Crippen LogP contribution is 2.10. The van der Waals surface area contributed by atoms with Crippen molar-refractivity contribution < 1.29 is 0 Å². The number of nitrogens with two attached hydrogens (primary N) is 1. The molecule has 1 unspecified atom stereocenters. The molecular formula is C10H15IN4. The Bertz CT molecular complexity index is 351. The monoisotopic (exact) mass is 318 g/mol. The van der Waals surface area contributed by atoms with Gasteiger partial charge in [0.15, 0.2) is 0 Å². The fraction of sp³-hybridized carbons (Fsp3) is 0.600. The van der Waals surface area contributed by atoms with E-state index in [1.54, 1.807) is 6.92 Å². The summed E-state index contributed by atoms with van der Waals surface area (Å²) >= 11 is 2.23. The summed E-state index contributed by atoms with van der Waals surface area (Å²) in [5, 5.41) is 12.9. The maximum absolute atomic E-state index is 8.72. The second kappa shape index (κ2) is 5.47. The minimum atomic E-state index is -0.682. The normalized spacial score (nSPS) is 14.5. The van der Waals surface area contributed by atoms with Crippen molar-refractivity contribution in [1.82, 2.24) is 9.78 Å². The van der Waals surface area contributed by atoms with Gasteiger partial charge in [-0.1, -0.05) is 0 Å². The maximum Gasteiger partial charge on any atom is 0.101 e. The summed E-state index contributed by atoms with van der Waals surface area (Å²) in [6.07, 6.45) is 6.54. The Morgan fingerprint density at radius 1 is 1.67 bits per heavy atom. The molecule has 0 bridgehead atoms. The molecule has 1 rings (SSSR count). The van der Waals surface area contributed by atoms with Gasteiger partial charge >= 0.3 is 0 Å². The smallest absolute Gasteiger partial charge is 0.101 e. The van der Waals surface area contributed by atoms with Crippen molar-refractivity contribution in [2.75, 3.05) is 0 Å².